The van der Waals surface area contributed by atoms with E-state index in [9.17, 15) is 4.79 Å². The number of hydrogen-bond donors (Lipinski definition) is 1. The van der Waals surface area contributed by atoms with E-state index in [-0.39, 0.29) is 11.5 Å². The van der Waals surface area contributed by atoms with Crippen LogP contribution in [0.5, 0.6) is 0 Å². The highest BCUT2D eigenvalue weighted by Crippen LogP contribution is 2.15. The van der Waals surface area contributed by atoms with E-state index in [1.807, 2.05) is 38.1 Å². The lowest BCUT2D eigenvalue weighted by Crippen LogP contribution is -2.43. The molecule has 0 spiro atoms. The van der Waals surface area contributed by atoms with Gasteiger partial charge < -0.3 is 10.1 Å². The van der Waals surface area contributed by atoms with Gasteiger partial charge in [-0.15, -0.1) is 0 Å². The predicted octanol–water partition coefficient (Wildman–Crippen LogP) is 3.16. The van der Waals surface area contributed by atoms with Gasteiger partial charge in [-0.1, -0.05) is 36.7 Å². The maximum Gasteiger partial charge on any atom is 0.305 e. The number of ether oxygens (including phenoxy) is 1. The Kier molecular flexibility index (Phi) is 5.63. The summed E-state index contributed by atoms with van der Waals surface area (Å²) in [6, 6.07) is 7.69. The van der Waals surface area contributed by atoms with Crippen molar-refractivity contribution in [2.45, 2.75) is 39.3 Å². The molecule has 3 nitrogen and oxygen atoms in total. The van der Waals surface area contributed by atoms with Crippen molar-refractivity contribution < 1.29 is 9.53 Å². The maximum atomic E-state index is 11.1. The van der Waals surface area contributed by atoms with Crippen LogP contribution in [-0.2, 0) is 16.1 Å². The molecular weight excluding hydrogens is 250 g/mol. The summed E-state index contributed by atoms with van der Waals surface area (Å²) in [6.45, 7) is 6.77. The zero-order valence-corrected chi connectivity index (χ0v) is 11.9. The third-order valence-corrected chi connectivity index (χ3v) is 2.97. The summed E-state index contributed by atoms with van der Waals surface area (Å²) in [5, 5.41) is 4.08. The normalized spacial score (nSPS) is 11.3. The summed E-state index contributed by atoms with van der Waals surface area (Å²) in [6.07, 6.45) is 0.403. The zero-order chi connectivity index (χ0) is 13.6. The molecule has 0 atom stereocenters. The van der Waals surface area contributed by atoms with E-state index in [0.717, 1.165) is 10.6 Å². The van der Waals surface area contributed by atoms with Gasteiger partial charge in [0.2, 0.25) is 0 Å². The van der Waals surface area contributed by atoms with Crippen LogP contribution < -0.4 is 5.32 Å². The molecule has 0 aromatic heterocycles. The van der Waals surface area contributed by atoms with Crippen LogP contribution in [0.1, 0.15) is 32.8 Å². The van der Waals surface area contributed by atoms with Crippen LogP contribution in [0.15, 0.2) is 24.3 Å². The Morgan fingerprint density at radius 1 is 1.39 bits per heavy atom. The molecule has 0 aliphatic carbocycles. The molecule has 0 aliphatic rings. The lowest BCUT2D eigenvalue weighted by Gasteiger charge is -2.26. The van der Waals surface area contributed by atoms with Gasteiger partial charge in [-0.2, -0.15) is 0 Å². The van der Waals surface area contributed by atoms with Crippen LogP contribution in [0.2, 0.25) is 5.02 Å². The Bertz CT molecular complexity index is 405. The lowest BCUT2D eigenvalue weighted by atomic mass is 10.1. The summed E-state index contributed by atoms with van der Waals surface area (Å²) >= 11 is 6.08. The van der Waals surface area contributed by atoms with Gasteiger partial charge in [0.25, 0.3) is 0 Å². The van der Waals surface area contributed by atoms with Crippen molar-refractivity contribution in [1.29, 1.82) is 0 Å². The molecule has 0 fully saturated rings. The minimum atomic E-state index is -0.274. The smallest absolute Gasteiger partial charge is 0.305 e. The van der Waals surface area contributed by atoms with Crippen molar-refractivity contribution in [1.82, 2.24) is 5.32 Å². The molecule has 4 heteroatoms. The molecule has 0 amide bonds. The van der Waals surface area contributed by atoms with E-state index < -0.39 is 0 Å². The van der Waals surface area contributed by atoms with Crippen LogP contribution in [0, 0.1) is 0 Å². The predicted molar refractivity (Wildman–Crippen MR) is 73.6 cm³/mol. The van der Waals surface area contributed by atoms with Crippen LogP contribution >= 0.6 is 11.6 Å². The van der Waals surface area contributed by atoms with E-state index in [1.165, 1.54) is 0 Å². The Hall–Kier alpha value is -1.06. The van der Waals surface area contributed by atoms with Crippen LogP contribution in [0.3, 0.4) is 0 Å². The first-order valence-electron chi connectivity index (χ1n) is 6.08. The second-order valence-electron chi connectivity index (χ2n) is 4.84. The van der Waals surface area contributed by atoms with Gasteiger partial charge in [0.15, 0.2) is 0 Å². The summed E-state index contributed by atoms with van der Waals surface area (Å²) in [5.74, 6) is -0.178. The molecule has 1 aromatic rings. The second kappa shape index (κ2) is 6.76. The SMILES string of the molecule is CCC(=O)OCC(C)(C)NCc1ccccc1Cl. The first-order chi connectivity index (χ1) is 8.44. The minimum Gasteiger partial charge on any atom is -0.464 e. The fourth-order valence-corrected chi connectivity index (χ4v) is 1.59. The number of hydrogen-bond acceptors (Lipinski definition) is 3. The summed E-state index contributed by atoms with van der Waals surface area (Å²) in [7, 11) is 0. The van der Waals surface area contributed by atoms with Crippen LogP contribution in [-0.4, -0.2) is 18.1 Å². The Labute approximate surface area is 113 Å². The first-order valence-corrected chi connectivity index (χ1v) is 6.46. The average Bonchev–Trinajstić information content (AvgIpc) is 2.35. The van der Waals surface area contributed by atoms with Crippen LogP contribution in [0.25, 0.3) is 0 Å². The molecule has 1 rings (SSSR count). The third kappa shape index (κ3) is 5.07. The van der Waals surface area contributed by atoms with Crippen LogP contribution in [0.4, 0.5) is 0 Å². The van der Waals surface area contributed by atoms with Crippen molar-refractivity contribution >= 4 is 17.6 Å². The average molecular weight is 270 g/mol. The molecule has 0 bridgehead atoms. The second-order valence-corrected chi connectivity index (χ2v) is 5.25. The van der Waals surface area contributed by atoms with Crippen molar-refractivity contribution in [2.24, 2.45) is 0 Å². The first kappa shape index (κ1) is 15.0. The fourth-order valence-electron chi connectivity index (χ4n) is 1.39. The molecule has 1 aromatic carbocycles. The van der Waals surface area contributed by atoms with Gasteiger partial charge in [0.1, 0.15) is 6.61 Å². The minimum absolute atomic E-state index is 0.178. The molecule has 18 heavy (non-hydrogen) atoms. The molecule has 1 N–H and O–H groups in total. The largest absolute Gasteiger partial charge is 0.464 e. The summed E-state index contributed by atoms with van der Waals surface area (Å²) in [4.78, 5) is 11.1. The van der Waals surface area contributed by atoms with Gasteiger partial charge in [-0.05, 0) is 25.5 Å². The fraction of sp³-hybridized carbons (Fsp3) is 0.500. The summed E-state index contributed by atoms with van der Waals surface area (Å²) in [5.41, 5.74) is 0.762. The monoisotopic (exact) mass is 269 g/mol. The molecule has 0 unspecified atom stereocenters. The Morgan fingerprint density at radius 2 is 2.06 bits per heavy atom. The van der Waals surface area contributed by atoms with Gasteiger partial charge in [0.05, 0.1) is 0 Å². The van der Waals surface area contributed by atoms with Gasteiger partial charge in [-0.3, -0.25) is 4.79 Å². The Balaban J connectivity index is 2.46. The van der Waals surface area contributed by atoms with Crippen molar-refractivity contribution in [2.75, 3.05) is 6.61 Å². The number of carbonyl (C=O) groups excluding carboxylic acids is 1. The molecule has 0 heterocycles. The standard InChI is InChI=1S/C14H20ClNO2/c1-4-13(17)18-10-14(2,3)16-9-11-7-5-6-8-12(11)15/h5-8,16H,4,9-10H2,1-3H3. The molecule has 0 aliphatic heterocycles. The number of rotatable bonds is 6. The van der Waals surface area contributed by atoms with E-state index in [1.54, 1.807) is 6.92 Å². The molecule has 0 radical (unpaired) electrons. The summed E-state index contributed by atoms with van der Waals surface area (Å²) < 4.78 is 5.14. The number of carbonyl (C=O) groups is 1. The molecule has 0 saturated heterocycles. The van der Waals surface area contributed by atoms with E-state index in [2.05, 4.69) is 5.32 Å². The lowest BCUT2D eigenvalue weighted by molar-refractivity contribution is -0.145. The highest BCUT2D eigenvalue weighted by molar-refractivity contribution is 6.31. The van der Waals surface area contributed by atoms with E-state index in [0.29, 0.717) is 19.6 Å². The highest BCUT2D eigenvalue weighted by Gasteiger charge is 2.19. The van der Waals surface area contributed by atoms with E-state index in [4.69, 9.17) is 16.3 Å². The number of nitrogens with one attached hydrogen (secondary N) is 1. The van der Waals surface area contributed by atoms with E-state index >= 15 is 0 Å². The van der Waals surface area contributed by atoms with Gasteiger partial charge >= 0.3 is 5.97 Å². The van der Waals surface area contributed by atoms with Crippen molar-refractivity contribution in [3.8, 4) is 0 Å². The third-order valence-electron chi connectivity index (χ3n) is 2.60. The quantitative estimate of drug-likeness (QED) is 0.806. The van der Waals surface area contributed by atoms with Gasteiger partial charge in [-0.25, -0.2) is 0 Å². The van der Waals surface area contributed by atoms with Crippen molar-refractivity contribution in [3.63, 3.8) is 0 Å². The number of benzene rings is 1. The number of esters is 1. The maximum absolute atomic E-state index is 11.1. The molecular formula is C14H20ClNO2. The van der Waals surface area contributed by atoms with Gasteiger partial charge in [0, 0.05) is 23.5 Å². The molecule has 100 valence electrons. The number of halogens is 1. The Morgan fingerprint density at radius 3 is 2.67 bits per heavy atom. The zero-order valence-electron chi connectivity index (χ0n) is 11.1. The van der Waals surface area contributed by atoms with Crippen molar-refractivity contribution in [3.05, 3.63) is 34.9 Å². The highest BCUT2D eigenvalue weighted by atomic mass is 35.5. The topological polar surface area (TPSA) is 38.3 Å². The molecule has 0 saturated carbocycles.